The van der Waals surface area contributed by atoms with E-state index in [0.29, 0.717) is 6.54 Å². The first-order chi connectivity index (χ1) is 12.4. The molecule has 1 atom stereocenters. The maximum atomic E-state index is 12.5. The number of carbonyl (C=O) groups is 2. The summed E-state index contributed by atoms with van der Waals surface area (Å²) in [6, 6.07) is 7.84. The maximum Gasteiger partial charge on any atom is 0.312 e. The van der Waals surface area contributed by atoms with Gasteiger partial charge in [0, 0.05) is 24.5 Å². The van der Waals surface area contributed by atoms with E-state index in [1.54, 1.807) is 0 Å². The highest BCUT2D eigenvalue weighted by Crippen LogP contribution is 2.49. The van der Waals surface area contributed by atoms with Crippen LogP contribution in [0, 0.1) is 12.3 Å². The van der Waals surface area contributed by atoms with Gasteiger partial charge in [-0.1, -0.05) is 29.8 Å². The number of aliphatic hydroxyl groups is 1. The Morgan fingerprint density at radius 2 is 1.96 bits per heavy atom. The van der Waals surface area contributed by atoms with E-state index in [1.807, 2.05) is 31.2 Å². The summed E-state index contributed by atoms with van der Waals surface area (Å²) in [5.41, 5.74) is 2.26. The van der Waals surface area contributed by atoms with Crippen LogP contribution in [0.4, 0.5) is 0 Å². The molecule has 0 radical (unpaired) electrons. The number of amides is 2. The summed E-state index contributed by atoms with van der Waals surface area (Å²) in [7, 11) is 0. The van der Waals surface area contributed by atoms with E-state index in [4.69, 9.17) is 4.74 Å². The number of hydrogen-bond acceptors (Lipinski definition) is 4. The van der Waals surface area contributed by atoms with E-state index < -0.39 is 11.8 Å². The zero-order chi connectivity index (χ0) is 18.7. The van der Waals surface area contributed by atoms with Gasteiger partial charge in [-0.15, -0.1) is 0 Å². The summed E-state index contributed by atoms with van der Waals surface area (Å²) in [6.45, 7) is 5.09. The van der Waals surface area contributed by atoms with Gasteiger partial charge >= 0.3 is 11.8 Å². The van der Waals surface area contributed by atoms with Gasteiger partial charge in [-0.3, -0.25) is 9.59 Å². The number of aliphatic hydroxyl groups excluding tert-OH is 1. The molecule has 3 rings (SSSR count). The van der Waals surface area contributed by atoms with Crippen LogP contribution in [-0.2, 0) is 20.9 Å². The van der Waals surface area contributed by atoms with Crippen molar-refractivity contribution < 1.29 is 19.4 Å². The largest absolute Gasteiger partial charge is 0.395 e. The Bertz CT molecular complexity index is 652. The van der Waals surface area contributed by atoms with Crippen LogP contribution in [0.2, 0.25) is 0 Å². The molecule has 2 fully saturated rings. The third-order valence-electron chi connectivity index (χ3n) is 5.43. The van der Waals surface area contributed by atoms with Crippen LogP contribution in [0.3, 0.4) is 0 Å². The van der Waals surface area contributed by atoms with Gasteiger partial charge in [0.05, 0.1) is 19.3 Å². The Kier molecular flexibility index (Phi) is 5.63. The fourth-order valence-corrected chi connectivity index (χ4v) is 4.10. The van der Waals surface area contributed by atoms with Crippen molar-refractivity contribution in [3.8, 4) is 0 Å². The molecular weight excluding hydrogens is 332 g/mol. The molecule has 1 aliphatic carbocycles. The predicted octanol–water partition coefficient (Wildman–Crippen LogP) is 1.39. The summed E-state index contributed by atoms with van der Waals surface area (Å²) in [6.07, 6.45) is 3.04. The number of hydrogen-bond donors (Lipinski definition) is 2. The monoisotopic (exact) mass is 360 g/mol. The number of carbonyl (C=O) groups excluding carboxylic acids is 2. The van der Waals surface area contributed by atoms with Crippen LogP contribution in [0.25, 0.3) is 0 Å². The highest BCUT2D eigenvalue weighted by molar-refractivity contribution is 6.35. The minimum Gasteiger partial charge on any atom is -0.395 e. The minimum absolute atomic E-state index is 0.0377. The maximum absolute atomic E-state index is 12.5. The normalized spacial score (nSPS) is 27.2. The van der Waals surface area contributed by atoms with Crippen LogP contribution in [0.1, 0.15) is 37.3 Å². The van der Waals surface area contributed by atoms with Crippen molar-refractivity contribution in [3.63, 3.8) is 0 Å². The third kappa shape index (κ3) is 4.24. The Labute approximate surface area is 154 Å². The van der Waals surface area contributed by atoms with E-state index in [2.05, 4.69) is 12.2 Å². The highest BCUT2D eigenvalue weighted by atomic mass is 16.5. The van der Waals surface area contributed by atoms with Crippen molar-refractivity contribution >= 4 is 11.8 Å². The highest BCUT2D eigenvalue weighted by Gasteiger charge is 2.49. The standard InChI is InChI=1S/C20H28N2O4/c1-14-3-5-16(6-4-14)12-22(7-8-23)19(25)18(24)21-17-10-20(11-17)9-15(2)26-13-20/h3-6,15,17,23H,7-13H2,1-2H3,(H,21,24). The number of nitrogens with zero attached hydrogens (tertiary/aromatic N) is 1. The van der Waals surface area contributed by atoms with Crippen molar-refractivity contribution in [2.75, 3.05) is 19.8 Å². The van der Waals surface area contributed by atoms with Gasteiger partial charge in [0.25, 0.3) is 0 Å². The molecule has 1 spiro atoms. The summed E-state index contributed by atoms with van der Waals surface area (Å²) in [4.78, 5) is 26.3. The lowest BCUT2D eigenvalue weighted by Gasteiger charge is -2.44. The molecule has 1 saturated carbocycles. The molecule has 1 heterocycles. The van der Waals surface area contributed by atoms with E-state index in [9.17, 15) is 14.7 Å². The number of nitrogens with one attached hydrogen (secondary N) is 1. The van der Waals surface area contributed by atoms with Crippen molar-refractivity contribution in [3.05, 3.63) is 35.4 Å². The van der Waals surface area contributed by atoms with Crippen LogP contribution in [-0.4, -0.2) is 53.7 Å². The molecule has 1 saturated heterocycles. The van der Waals surface area contributed by atoms with Gasteiger partial charge in [-0.2, -0.15) is 0 Å². The van der Waals surface area contributed by atoms with Crippen molar-refractivity contribution in [2.45, 2.75) is 51.8 Å². The van der Waals surface area contributed by atoms with Gasteiger partial charge in [0.2, 0.25) is 0 Å². The molecule has 0 bridgehead atoms. The SMILES string of the molecule is Cc1ccc(CN(CCO)C(=O)C(=O)NC2CC3(COC(C)C3)C2)cc1. The first-order valence-electron chi connectivity index (χ1n) is 9.28. The Hall–Kier alpha value is -1.92. The smallest absolute Gasteiger partial charge is 0.312 e. The van der Waals surface area contributed by atoms with Crippen LogP contribution in [0.15, 0.2) is 24.3 Å². The lowest BCUT2D eigenvalue weighted by atomic mass is 9.64. The molecule has 2 N–H and O–H groups in total. The summed E-state index contributed by atoms with van der Waals surface area (Å²) < 4.78 is 5.64. The van der Waals surface area contributed by atoms with Gasteiger partial charge in [-0.25, -0.2) is 0 Å². The average molecular weight is 360 g/mol. The molecule has 1 aromatic carbocycles. The zero-order valence-electron chi connectivity index (χ0n) is 15.5. The second-order valence-corrected chi connectivity index (χ2v) is 7.84. The molecule has 26 heavy (non-hydrogen) atoms. The van der Waals surface area contributed by atoms with Crippen LogP contribution >= 0.6 is 0 Å². The zero-order valence-corrected chi connectivity index (χ0v) is 15.5. The van der Waals surface area contributed by atoms with Crippen LogP contribution in [0.5, 0.6) is 0 Å². The second kappa shape index (κ2) is 7.76. The van der Waals surface area contributed by atoms with Crippen molar-refractivity contribution in [1.29, 1.82) is 0 Å². The molecule has 2 aliphatic rings. The molecule has 0 aromatic heterocycles. The summed E-state index contributed by atoms with van der Waals surface area (Å²) in [5.74, 6) is -1.17. The lowest BCUT2D eigenvalue weighted by Crippen LogP contribution is -2.54. The number of ether oxygens (including phenoxy) is 1. The fraction of sp³-hybridized carbons (Fsp3) is 0.600. The average Bonchev–Trinajstić information content (AvgIpc) is 2.97. The van der Waals surface area contributed by atoms with Gasteiger partial charge in [0.1, 0.15) is 0 Å². The lowest BCUT2D eigenvalue weighted by molar-refractivity contribution is -0.147. The van der Waals surface area contributed by atoms with Crippen molar-refractivity contribution in [2.24, 2.45) is 5.41 Å². The summed E-state index contributed by atoms with van der Waals surface area (Å²) in [5, 5.41) is 12.1. The Morgan fingerprint density at radius 1 is 1.27 bits per heavy atom. The number of rotatable bonds is 5. The molecule has 1 aromatic rings. The van der Waals surface area contributed by atoms with Crippen LogP contribution < -0.4 is 5.32 Å². The third-order valence-corrected chi connectivity index (χ3v) is 5.43. The molecule has 6 heteroatoms. The predicted molar refractivity (Wildman–Crippen MR) is 97.3 cm³/mol. The first-order valence-corrected chi connectivity index (χ1v) is 9.28. The topological polar surface area (TPSA) is 78.9 Å². The first kappa shape index (κ1) is 18.9. The summed E-state index contributed by atoms with van der Waals surface area (Å²) >= 11 is 0. The molecule has 2 amide bonds. The fourth-order valence-electron chi connectivity index (χ4n) is 4.10. The van der Waals surface area contributed by atoms with Crippen molar-refractivity contribution in [1.82, 2.24) is 10.2 Å². The number of aryl methyl sites for hydroxylation is 1. The Balaban J connectivity index is 1.53. The van der Waals surface area contributed by atoms with Gasteiger partial charge in [-0.05, 0) is 38.7 Å². The molecule has 1 unspecified atom stereocenters. The Morgan fingerprint density at radius 3 is 2.54 bits per heavy atom. The second-order valence-electron chi connectivity index (χ2n) is 7.84. The quantitative estimate of drug-likeness (QED) is 0.778. The minimum atomic E-state index is -0.586. The molecule has 6 nitrogen and oxygen atoms in total. The molecular formula is C20H28N2O4. The van der Waals surface area contributed by atoms with E-state index in [1.165, 1.54) is 4.90 Å². The molecule has 142 valence electrons. The van der Waals surface area contributed by atoms with Gasteiger partial charge < -0.3 is 20.1 Å². The van der Waals surface area contributed by atoms with Gasteiger partial charge in [0.15, 0.2) is 0 Å². The number of benzene rings is 1. The molecule has 1 aliphatic heterocycles. The van der Waals surface area contributed by atoms with E-state index >= 15 is 0 Å². The van der Waals surface area contributed by atoms with E-state index in [-0.39, 0.29) is 30.7 Å². The van der Waals surface area contributed by atoms with E-state index in [0.717, 1.165) is 37.0 Å².